The average Bonchev–Trinajstić information content (AvgIpc) is 3.17. The summed E-state index contributed by atoms with van der Waals surface area (Å²) in [5.41, 5.74) is 3.74. The van der Waals surface area contributed by atoms with Gasteiger partial charge in [0, 0.05) is 6.54 Å². The van der Waals surface area contributed by atoms with Gasteiger partial charge in [-0.2, -0.15) is 0 Å². The largest absolute Gasteiger partial charge is 0.478 e. The molecule has 7 heteroatoms. The number of aliphatic hydroxyl groups excluding tert-OH is 1. The number of allylic oxidation sites excluding steroid dienone is 2. The molecule has 5 rings (SSSR count). The molecule has 7 nitrogen and oxygen atoms in total. The second-order valence-electron chi connectivity index (χ2n) is 11.8. The molecule has 0 saturated heterocycles. The van der Waals surface area contributed by atoms with Gasteiger partial charge in [-0.15, -0.1) is 0 Å². The van der Waals surface area contributed by atoms with Crippen molar-refractivity contribution in [3.63, 3.8) is 0 Å². The molecule has 194 valence electrons. The fourth-order valence-electron chi connectivity index (χ4n) is 7.81. The number of hydrogen-bond donors (Lipinski definition) is 3. The first kappa shape index (κ1) is 25.0. The Bertz CT molecular complexity index is 1080. The van der Waals surface area contributed by atoms with Gasteiger partial charge < -0.3 is 20.4 Å². The van der Waals surface area contributed by atoms with Crippen molar-refractivity contribution in [1.29, 1.82) is 0 Å². The summed E-state index contributed by atoms with van der Waals surface area (Å²) >= 11 is 0. The summed E-state index contributed by atoms with van der Waals surface area (Å²) in [4.78, 5) is 28.5. The van der Waals surface area contributed by atoms with Crippen LogP contribution in [0.2, 0.25) is 0 Å². The van der Waals surface area contributed by atoms with E-state index in [1.807, 2.05) is 0 Å². The molecule has 0 spiro atoms. The van der Waals surface area contributed by atoms with Crippen LogP contribution in [0.1, 0.15) is 81.1 Å². The standard InChI is InChI=1S/C29H38N2O5/c1-28-13-11-21(31-36-17-26(33)30-16-18-3-5-19(6-4-18)27(34)35)15-20(28)7-8-22-23-9-10-25(32)29(23,2)14-12-24(22)28/h3-6,15,22-25,32H,7-14,16-17H2,1-2H3,(H,30,33)(H,34,35)/t22-,23-,24-,25+,28+,29+/m1/s1. The molecule has 1 amide bonds. The smallest absolute Gasteiger partial charge is 0.335 e. The minimum Gasteiger partial charge on any atom is -0.478 e. The first-order valence-electron chi connectivity index (χ1n) is 13.4. The Hall–Kier alpha value is -2.67. The fraction of sp³-hybridized carbons (Fsp3) is 0.621. The van der Waals surface area contributed by atoms with E-state index >= 15 is 0 Å². The van der Waals surface area contributed by atoms with Gasteiger partial charge in [-0.3, -0.25) is 4.79 Å². The lowest BCUT2D eigenvalue weighted by molar-refractivity contribution is -0.125. The van der Waals surface area contributed by atoms with Crippen molar-refractivity contribution in [2.24, 2.45) is 33.7 Å². The van der Waals surface area contributed by atoms with Crippen LogP contribution < -0.4 is 5.32 Å². The summed E-state index contributed by atoms with van der Waals surface area (Å²) in [5.74, 6) is 0.802. The maximum absolute atomic E-state index is 12.2. The zero-order valence-corrected chi connectivity index (χ0v) is 21.3. The average molecular weight is 495 g/mol. The molecule has 1 aromatic carbocycles. The van der Waals surface area contributed by atoms with Crippen molar-refractivity contribution in [2.45, 2.75) is 77.9 Å². The molecule has 0 aromatic heterocycles. The zero-order chi connectivity index (χ0) is 25.5. The maximum atomic E-state index is 12.2. The Morgan fingerprint density at radius 2 is 1.83 bits per heavy atom. The van der Waals surface area contributed by atoms with Gasteiger partial charge in [-0.05, 0) is 104 Å². The molecule has 0 unspecified atom stereocenters. The van der Waals surface area contributed by atoms with Gasteiger partial charge in [-0.25, -0.2) is 4.79 Å². The lowest BCUT2D eigenvalue weighted by Gasteiger charge is -2.57. The van der Waals surface area contributed by atoms with Crippen molar-refractivity contribution in [2.75, 3.05) is 6.61 Å². The summed E-state index contributed by atoms with van der Waals surface area (Å²) in [7, 11) is 0. The molecule has 0 heterocycles. The molecule has 1 aromatic rings. The third-order valence-electron chi connectivity index (χ3n) is 10.00. The third-order valence-corrected chi connectivity index (χ3v) is 10.00. The van der Waals surface area contributed by atoms with E-state index in [0.29, 0.717) is 24.3 Å². The number of aromatic carboxylic acids is 1. The second-order valence-corrected chi connectivity index (χ2v) is 11.8. The van der Waals surface area contributed by atoms with Gasteiger partial charge in [0.1, 0.15) is 0 Å². The molecule has 36 heavy (non-hydrogen) atoms. The normalized spacial score (nSPS) is 36.3. The van der Waals surface area contributed by atoms with Crippen molar-refractivity contribution >= 4 is 17.6 Å². The van der Waals surface area contributed by atoms with Gasteiger partial charge in [0.2, 0.25) is 0 Å². The van der Waals surface area contributed by atoms with E-state index in [1.54, 1.807) is 12.1 Å². The quantitative estimate of drug-likeness (QED) is 0.497. The predicted molar refractivity (Wildman–Crippen MR) is 136 cm³/mol. The van der Waals surface area contributed by atoms with Crippen LogP contribution in [0.25, 0.3) is 0 Å². The molecule has 0 bridgehead atoms. The van der Waals surface area contributed by atoms with E-state index in [-0.39, 0.29) is 35.0 Å². The summed E-state index contributed by atoms with van der Waals surface area (Å²) < 4.78 is 0. The number of rotatable bonds is 6. The van der Waals surface area contributed by atoms with Crippen LogP contribution in [-0.4, -0.2) is 40.5 Å². The van der Waals surface area contributed by atoms with E-state index in [1.165, 1.54) is 37.0 Å². The van der Waals surface area contributed by atoms with Crippen LogP contribution in [-0.2, 0) is 16.2 Å². The van der Waals surface area contributed by atoms with Crippen LogP contribution in [0.15, 0.2) is 41.1 Å². The molecule has 3 fully saturated rings. The highest BCUT2D eigenvalue weighted by molar-refractivity contribution is 5.96. The number of fused-ring (bicyclic) bond motifs is 5. The zero-order valence-electron chi connectivity index (χ0n) is 21.3. The van der Waals surface area contributed by atoms with E-state index in [2.05, 4.69) is 30.4 Å². The summed E-state index contributed by atoms with van der Waals surface area (Å²) in [5, 5.41) is 26.7. The Kier molecular flexibility index (Phi) is 6.70. The minimum absolute atomic E-state index is 0.108. The van der Waals surface area contributed by atoms with Crippen LogP contribution >= 0.6 is 0 Å². The Morgan fingerprint density at radius 1 is 1.06 bits per heavy atom. The predicted octanol–water partition coefficient (Wildman–Crippen LogP) is 4.70. The van der Waals surface area contributed by atoms with Crippen LogP contribution in [0, 0.1) is 28.6 Å². The number of carbonyl (C=O) groups is 2. The van der Waals surface area contributed by atoms with Crippen LogP contribution in [0.3, 0.4) is 0 Å². The van der Waals surface area contributed by atoms with Crippen LogP contribution in [0.4, 0.5) is 0 Å². The molecule has 3 saturated carbocycles. The van der Waals surface area contributed by atoms with Gasteiger partial charge in [0.25, 0.3) is 5.91 Å². The molecule has 4 aliphatic carbocycles. The number of nitrogens with zero attached hydrogens (tertiary/aromatic N) is 1. The Balaban J connectivity index is 1.15. The van der Waals surface area contributed by atoms with Crippen molar-refractivity contribution < 1.29 is 24.6 Å². The van der Waals surface area contributed by atoms with Crippen molar-refractivity contribution in [1.82, 2.24) is 5.32 Å². The molecular weight excluding hydrogens is 456 g/mol. The Morgan fingerprint density at radius 3 is 2.58 bits per heavy atom. The number of oxime groups is 1. The molecule has 4 aliphatic rings. The fourth-order valence-corrected chi connectivity index (χ4v) is 7.81. The van der Waals surface area contributed by atoms with Gasteiger partial charge >= 0.3 is 5.97 Å². The topological polar surface area (TPSA) is 108 Å². The minimum atomic E-state index is -0.973. The highest BCUT2D eigenvalue weighted by atomic mass is 16.6. The van der Waals surface area contributed by atoms with Crippen molar-refractivity contribution in [3.8, 4) is 0 Å². The highest BCUT2D eigenvalue weighted by Crippen LogP contribution is 2.65. The molecule has 0 aliphatic heterocycles. The van der Waals surface area contributed by atoms with E-state index in [0.717, 1.165) is 43.4 Å². The number of amides is 1. The second kappa shape index (κ2) is 9.66. The number of aliphatic hydroxyl groups is 1. The number of nitrogens with one attached hydrogen (secondary N) is 1. The van der Waals surface area contributed by atoms with Gasteiger partial charge in [0.05, 0.1) is 17.4 Å². The number of benzene rings is 1. The number of carboxylic acid groups (broad SMARTS) is 1. The summed E-state index contributed by atoms with van der Waals surface area (Å²) in [6.45, 7) is 4.93. The molecule has 6 atom stereocenters. The number of carboxylic acids is 1. The first-order chi connectivity index (χ1) is 17.2. The molecule has 0 radical (unpaired) electrons. The van der Waals surface area contributed by atoms with E-state index in [9.17, 15) is 14.7 Å². The highest BCUT2D eigenvalue weighted by Gasteiger charge is 2.58. The van der Waals surface area contributed by atoms with E-state index < -0.39 is 5.97 Å². The van der Waals surface area contributed by atoms with Crippen molar-refractivity contribution in [3.05, 3.63) is 47.0 Å². The number of hydrogen-bond acceptors (Lipinski definition) is 5. The third kappa shape index (κ3) is 4.47. The van der Waals surface area contributed by atoms with Gasteiger partial charge in [-0.1, -0.05) is 36.7 Å². The molecule has 3 N–H and O–H groups in total. The monoisotopic (exact) mass is 494 g/mol. The maximum Gasteiger partial charge on any atom is 0.335 e. The summed E-state index contributed by atoms with van der Waals surface area (Å²) in [6, 6.07) is 6.42. The Labute approximate surface area is 213 Å². The lowest BCUT2D eigenvalue weighted by atomic mass is 9.47. The SMILES string of the molecule is C[C@]12CC[C@@H]3[C@H](CCC4=CC(=NOCC(=O)NCc5ccc(C(=O)O)cc5)CC[C@@]43C)[C@H]1CC[C@@H]2O. The first-order valence-corrected chi connectivity index (χ1v) is 13.4. The van der Waals surface area contributed by atoms with Crippen LogP contribution in [0.5, 0.6) is 0 Å². The summed E-state index contributed by atoms with van der Waals surface area (Å²) in [6.07, 6.45) is 10.7. The lowest BCUT2D eigenvalue weighted by Crippen LogP contribution is -2.51. The van der Waals surface area contributed by atoms with E-state index in [4.69, 9.17) is 9.94 Å². The van der Waals surface area contributed by atoms with Gasteiger partial charge in [0.15, 0.2) is 6.61 Å². The molecular formula is C29H38N2O5. The number of carbonyl (C=O) groups excluding carboxylic acids is 1.